The molecule has 2 aliphatic heterocycles. The predicted octanol–water partition coefficient (Wildman–Crippen LogP) is -2.90. The van der Waals surface area contributed by atoms with Gasteiger partial charge in [0.05, 0.1) is 25.9 Å². The molecular weight excluding hydrogens is 482 g/mol. The highest BCUT2D eigenvalue weighted by Crippen LogP contribution is 2.23. The third-order valence-corrected chi connectivity index (χ3v) is 6.54. The SMILES string of the molecule is CC(=O)CCCCCN(CCO[C@@H]1O[C@@H](C)[C@@H](O)[C@@H](O)[C@@H]1O)CCO[C@H]1O[C@H](CO)[C@@H](O)[C@@H](O)[C@@H]1O. The smallest absolute Gasteiger partial charge is 0.186 e. The van der Waals surface area contributed by atoms with Crippen LogP contribution in [0.1, 0.15) is 39.5 Å². The Morgan fingerprint density at radius 3 is 1.86 bits per heavy atom. The molecule has 212 valence electrons. The van der Waals surface area contributed by atoms with E-state index in [1.807, 2.05) is 4.90 Å². The highest BCUT2D eigenvalue weighted by Gasteiger charge is 2.44. The molecule has 7 N–H and O–H groups in total. The molecule has 2 saturated heterocycles. The van der Waals surface area contributed by atoms with Gasteiger partial charge >= 0.3 is 0 Å². The molecule has 10 atom stereocenters. The van der Waals surface area contributed by atoms with E-state index >= 15 is 0 Å². The molecule has 0 bridgehead atoms. The summed E-state index contributed by atoms with van der Waals surface area (Å²) in [5, 5.41) is 69.1. The van der Waals surface area contributed by atoms with Gasteiger partial charge in [0.15, 0.2) is 12.6 Å². The Morgan fingerprint density at radius 2 is 1.31 bits per heavy atom. The second kappa shape index (κ2) is 15.6. The van der Waals surface area contributed by atoms with Crippen LogP contribution in [-0.4, -0.2) is 147 Å². The first-order valence-corrected chi connectivity index (χ1v) is 12.5. The Labute approximate surface area is 211 Å². The third kappa shape index (κ3) is 9.19. The number of hydrogen-bond acceptors (Lipinski definition) is 13. The van der Waals surface area contributed by atoms with Crippen LogP contribution in [-0.2, 0) is 23.7 Å². The number of ether oxygens (including phenoxy) is 4. The zero-order valence-corrected chi connectivity index (χ0v) is 21.0. The number of hydrogen-bond donors (Lipinski definition) is 7. The van der Waals surface area contributed by atoms with Crippen LogP contribution >= 0.6 is 0 Å². The monoisotopic (exact) mass is 525 g/mol. The molecule has 0 aliphatic carbocycles. The van der Waals surface area contributed by atoms with E-state index in [4.69, 9.17) is 18.9 Å². The number of aliphatic hydroxyl groups is 7. The number of carbonyl (C=O) groups is 1. The summed E-state index contributed by atoms with van der Waals surface area (Å²) in [7, 11) is 0. The Kier molecular flexibility index (Phi) is 13.6. The summed E-state index contributed by atoms with van der Waals surface area (Å²) in [5.41, 5.74) is 0. The molecule has 2 rings (SSSR count). The predicted molar refractivity (Wildman–Crippen MR) is 124 cm³/mol. The summed E-state index contributed by atoms with van der Waals surface area (Å²) in [6.45, 7) is 4.25. The van der Waals surface area contributed by atoms with Crippen molar-refractivity contribution in [1.82, 2.24) is 4.90 Å². The van der Waals surface area contributed by atoms with Crippen LogP contribution in [0.3, 0.4) is 0 Å². The fourth-order valence-corrected chi connectivity index (χ4v) is 4.17. The van der Waals surface area contributed by atoms with Crippen molar-refractivity contribution in [3.63, 3.8) is 0 Å². The van der Waals surface area contributed by atoms with Crippen molar-refractivity contribution in [3.8, 4) is 0 Å². The first-order valence-electron chi connectivity index (χ1n) is 12.5. The number of rotatable bonds is 15. The molecule has 0 aromatic rings. The number of unbranched alkanes of at least 4 members (excludes halogenated alkanes) is 2. The van der Waals surface area contributed by atoms with Gasteiger partial charge in [0.1, 0.15) is 48.5 Å². The van der Waals surface area contributed by atoms with Crippen LogP contribution in [0, 0.1) is 0 Å². The van der Waals surface area contributed by atoms with Crippen LogP contribution in [0.25, 0.3) is 0 Å². The molecule has 13 nitrogen and oxygen atoms in total. The lowest BCUT2D eigenvalue weighted by Gasteiger charge is -2.40. The third-order valence-electron chi connectivity index (χ3n) is 6.54. The summed E-state index contributed by atoms with van der Waals surface area (Å²) in [4.78, 5) is 13.1. The lowest BCUT2D eigenvalue weighted by molar-refractivity contribution is -0.301. The van der Waals surface area contributed by atoms with Gasteiger partial charge in [-0.3, -0.25) is 4.90 Å². The van der Waals surface area contributed by atoms with Gasteiger partial charge in [-0.2, -0.15) is 0 Å². The van der Waals surface area contributed by atoms with E-state index in [0.29, 0.717) is 26.1 Å². The average molecular weight is 526 g/mol. The summed E-state index contributed by atoms with van der Waals surface area (Å²) in [5.74, 6) is 0.140. The number of aliphatic hydroxyl groups excluding tert-OH is 7. The molecule has 0 radical (unpaired) electrons. The van der Waals surface area contributed by atoms with E-state index in [1.54, 1.807) is 13.8 Å². The molecule has 0 amide bonds. The molecule has 0 spiro atoms. The highest BCUT2D eigenvalue weighted by atomic mass is 16.7. The number of carbonyl (C=O) groups excluding carboxylic acids is 1. The van der Waals surface area contributed by atoms with Gasteiger partial charge in [-0.05, 0) is 33.2 Å². The van der Waals surface area contributed by atoms with Crippen LogP contribution in [0.4, 0.5) is 0 Å². The molecule has 0 unspecified atom stereocenters. The standard InChI is InChI=1S/C23H43NO12/c1-13(26)6-4-3-5-7-24(8-10-33-22-20(31)18(29)16(27)14(2)35-22)9-11-34-23-21(32)19(30)17(28)15(12-25)36-23/h14-23,25,27-32H,3-12H2,1-2H3/t14-,15+,16+,17+,18+,19+,20-,21-,22+,23-/m0/s1. The van der Waals surface area contributed by atoms with Crippen molar-refractivity contribution in [2.24, 2.45) is 0 Å². The highest BCUT2D eigenvalue weighted by molar-refractivity contribution is 5.75. The zero-order chi connectivity index (χ0) is 26.8. The van der Waals surface area contributed by atoms with E-state index < -0.39 is 68.0 Å². The fraction of sp³-hybridized carbons (Fsp3) is 0.957. The lowest BCUT2D eigenvalue weighted by atomic mass is 9.99. The normalized spacial score (nSPS) is 37.4. The largest absolute Gasteiger partial charge is 0.394 e. The summed E-state index contributed by atoms with van der Waals surface area (Å²) in [6, 6.07) is 0. The van der Waals surface area contributed by atoms with Gasteiger partial charge in [0.2, 0.25) is 0 Å². The van der Waals surface area contributed by atoms with Crippen LogP contribution in [0.2, 0.25) is 0 Å². The summed E-state index contributed by atoms with van der Waals surface area (Å²) < 4.78 is 22.0. The first kappa shape index (κ1) is 31.4. The van der Waals surface area contributed by atoms with Crippen molar-refractivity contribution >= 4 is 5.78 Å². The Hall–Kier alpha value is -0.810. The van der Waals surface area contributed by atoms with E-state index in [-0.39, 0.29) is 19.0 Å². The molecule has 2 fully saturated rings. The molecular formula is C23H43NO12. The molecule has 13 heteroatoms. The van der Waals surface area contributed by atoms with Crippen LogP contribution in [0.5, 0.6) is 0 Å². The van der Waals surface area contributed by atoms with Gasteiger partial charge in [-0.1, -0.05) is 6.42 Å². The number of nitrogens with zero attached hydrogens (tertiary/aromatic N) is 1. The Morgan fingerprint density at radius 1 is 0.750 bits per heavy atom. The molecule has 0 saturated carbocycles. The van der Waals surface area contributed by atoms with Gasteiger partial charge in [0.25, 0.3) is 0 Å². The molecule has 0 aromatic heterocycles. The maximum Gasteiger partial charge on any atom is 0.186 e. The number of Topliss-reactive ketones (excluding diaryl/α,β-unsaturated/α-hetero) is 1. The van der Waals surface area contributed by atoms with Gasteiger partial charge in [-0.15, -0.1) is 0 Å². The summed E-state index contributed by atoms with van der Waals surface area (Å²) in [6.07, 6.45) is -9.62. The van der Waals surface area contributed by atoms with Crippen LogP contribution in [0.15, 0.2) is 0 Å². The van der Waals surface area contributed by atoms with Gasteiger partial charge < -0.3 is 59.5 Å². The number of ketones is 1. The topological polar surface area (TPSA) is 199 Å². The zero-order valence-electron chi connectivity index (χ0n) is 21.0. The first-order chi connectivity index (χ1) is 17.1. The van der Waals surface area contributed by atoms with Crippen molar-refractivity contribution in [2.75, 3.05) is 39.5 Å². The lowest BCUT2D eigenvalue weighted by Crippen LogP contribution is -2.59. The molecule has 2 heterocycles. The van der Waals surface area contributed by atoms with Gasteiger partial charge in [0, 0.05) is 19.5 Å². The second-order valence-electron chi connectivity index (χ2n) is 9.47. The minimum atomic E-state index is -1.52. The van der Waals surface area contributed by atoms with Crippen molar-refractivity contribution in [2.45, 2.75) is 101 Å². The maximum atomic E-state index is 11.1. The van der Waals surface area contributed by atoms with Crippen LogP contribution < -0.4 is 0 Å². The average Bonchev–Trinajstić information content (AvgIpc) is 2.84. The van der Waals surface area contributed by atoms with E-state index in [1.165, 1.54) is 0 Å². The minimum Gasteiger partial charge on any atom is -0.394 e. The van der Waals surface area contributed by atoms with E-state index in [2.05, 4.69) is 0 Å². The quantitative estimate of drug-likeness (QED) is 0.108. The molecule has 0 aromatic carbocycles. The fourth-order valence-electron chi connectivity index (χ4n) is 4.17. The van der Waals surface area contributed by atoms with E-state index in [9.17, 15) is 40.5 Å². The van der Waals surface area contributed by atoms with Crippen molar-refractivity contribution in [1.29, 1.82) is 0 Å². The van der Waals surface area contributed by atoms with E-state index in [0.717, 1.165) is 19.3 Å². The molecule has 36 heavy (non-hydrogen) atoms. The Balaban J connectivity index is 1.84. The maximum absolute atomic E-state index is 11.1. The van der Waals surface area contributed by atoms with Crippen molar-refractivity contribution in [3.05, 3.63) is 0 Å². The Bertz CT molecular complexity index is 640. The minimum absolute atomic E-state index is 0.0978. The van der Waals surface area contributed by atoms with Crippen molar-refractivity contribution < 1.29 is 59.5 Å². The van der Waals surface area contributed by atoms with Gasteiger partial charge in [-0.25, -0.2) is 0 Å². The molecule has 2 aliphatic rings. The summed E-state index contributed by atoms with van der Waals surface area (Å²) >= 11 is 0. The second-order valence-corrected chi connectivity index (χ2v) is 9.47.